The van der Waals surface area contributed by atoms with E-state index in [9.17, 15) is 20.2 Å². The van der Waals surface area contributed by atoms with Crippen LogP contribution in [0.3, 0.4) is 0 Å². The number of nitro benzene ring substituents is 1. The van der Waals surface area contributed by atoms with E-state index in [1.807, 2.05) is 0 Å². The second kappa shape index (κ2) is 7.05. The number of rotatable bonds is 4. The third kappa shape index (κ3) is 3.75. The standard InChI is InChI=1S/C16H8Cl2N2O3/c17-13-2-1-3-14(18)15(13)16(21)11(9-19)8-10-4-6-12(7-5-10)20(22)23/h1-8H. The van der Waals surface area contributed by atoms with Gasteiger partial charge in [-0.1, -0.05) is 29.3 Å². The van der Waals surface area contributed by atoms with Crippen LogP contribution in [-0.4, -0.2) is 10.7 Å². The van der Waals surface area contributed by atoms with Gasteiger partial charge < -0.3 is 0 Å². The molecular formula is C16H8Cl2N2O3. The van der Waals surface area contributed by atoms with E-state index >= 15 is 0 Å². The van der Waals surface area contributed by atoms with Gasteiger partial charge >= 0.3 is 0 Å². The van der Waals surface area contributed by atoms with Crippen LogP contribution in [0.5, 0.6) is 0 Å². The van der Waals surface area contributed by atoms with Gasteiger partial charge in [-0.2, -0.15) is 5.26 Å². The van der Waals surface area contributed by atoms with E-state index < -0.39 is 10.7 Å². The van der Waals surface area contributed by atoms with Crippen LogP contribution in [0.15, 0.2) is 48.0 Å². The van der Waals surface area contributed by atoms with Gasteiger partial charge in [0.25, 0.3) is 5.69 Å². The maximum atomic E-state index is 12.4. The molecule has 23 heavy (non-hydrogen) atoms. The highest BCUT2D eigenvalue weighted by atomic mass is 35.5. The zero-order valence-corrected chi connectivity index (χ0v) is 13.0. The van der Waals surface area contributed by atoms with E-state index in [-0.39, 0.29) is 26.9 Å². The summed E-state index contributed by atoms with van der Waals surface area (Å²) in [6.07, 6.45) is 1.33. The molecule has 0 radical (unpaired) electrons. The molecule has 0 heterocycles. The van der Waals surface area contributed by atoms with Crippen molar-refractivity contribution in [3.8, 4) is 6.07 Å². The van der Waals surface area contributed by atoms with Crippen LogP contribution in [0, 0.1) is 21.4 Å². The molecule has 2 aromatic carbocycles. The van der Waals surface area contributed by atoms with E-state index in [1.165, 1.54) is 42.5 Å². The van der Waals surface area contributed by atoms with Crippen molar-refractivity contribution >= 4 is 40.7 Å². The molecular weight excluding hydrogens is 339 g/mol. The maximum Gasteiger partial charge on any atom is 0.269 e. The molecule has 0 saturated heterocycles. The molecule has 0 spiro atoms. The summed E-state index contributed by atoms with van der Waals surface area (Å²) in [6.45, 7) is 0. The summed E-state index contributed by atoms with van der Waals surface area (Å²) in [5.41, 5.74) is 0.268. The highest BCUT2D eigenvalue weighted by Gasteiger charge is 2.18. The lowest BCUT2D eigenvalue weighted by atomic mass is 10.0. The lowest BCUT2D eigenvalue weighted by Gasteiger charge is -2.05. The highest BCUT2D eigenvalue weighted by Crippen LogP contribution is 2.27. The van der Waals surface area contributed by atoms with Crippen molar-refractivity contribution in [2.24, 2.45) is 0 Å². The molecule has 0 aromatic heterocycles. The van der Waals surface area contributed by atoms with E-state index in [1.54, 1.807) is 12.1 Å². The van der Waals surface area contributed by atoms with Crippen molar-refractivity contribution in [2.45, 2.75) is 0 Å². The Morgan fingerprint density at radius 1 is 1.13 bits per heavy atom. The first-order chi connectivity index (χ1) is 10.9. The number of carbonyl (C=O) groups excluding carboxylic acids is 1. The van der Waals surface area contributed by atoms with Crippen LogP contribution in [0.25, 0.3) is 6.08 Å². The second-order valence-electron chi connectivity index (χ2n) is 4.44. The first-order valence-corrected chi connectivity index (χ1v) is 7.04. The Morgan fingerprint density at radius 3 is 2.17 bits per heavy atom. The van der Waals surface area contributed by atoms with Crippen molar-refractivity contribution in [3.63, 3.8) is 0 Å². The summed E-state index contributed by atoms with van der Waals surface area (Å²) in [5, 5.41) is 20.1. The number of Topliss-reactive ketones (excluding diaryl/α,β-unsaturated/α-hetero) is 1. The fourth-order valence-corrected chi connectivity index (χ4v) is 2.43. The molecule has 0 aliphatic carbocycles. The van der Waals surface area contributed by atoms with Crippen molar-refractivity contribution < 1.29 is 9.72 Å². The molecule has 0 amide bonds. The average molecular weight is 347 g/mol. The lowest BCUT2D eigenvalue weighted by Crippen LogP contribution is -2.04. The van der Waals surface area contributed by atoms with Gasteiger partial charge in [-0.25, -0.2) is 0 Å². The van der Waals surface area contributed by atoms with Gasteiger partial charge in [0, 0.05) is 12.1 Å². The molecule has 0 bridgehead atoms. The predicted molar refractivity (Wildman–Crippen MR) is 87.5 cm³/mol. The van der Waals surface area contributed by atoms with Crippen LogP contribution < -0.4 is 0 Å². The summed E-state index contributed by atoms with van der Waals surface area (Å²) < 4.78 is 0. The Hall–Kier alpha value is -2.68. The Labute approximate surface area is 141 Å². The van der Waals surface area contributed by atoms with Gasteiger partial charge in [0.1, 0.15) is 11.6 Å². The SMILES string of the molecule is N#CC(=Cc1ccc([N+](=O)[O-])cc1)C(=O)c1c(Cl)cccc1Cl. The van der Waals surface area contributed by atoms with E-state index in [4.69, 9.17) is 23.2 Å². The van der Waals surface area contributed by atoms with Crippen molar-refractivity contribution in [2.75, 3.05) is 0 Å². The number of nitriles is 1. The fraction of sp³-hybridized carbons (Fsp3) is 0. The zero-order chi connectivity index (χ0) is 17.0. The number of carbonyl (C=O) groups is 1. The number of non-ortho nitro benzene ring substituents is 1. The molecule has 7 heteroatoms. The second-order valence-corrected chi connectivity index (χ2v) is 5.26. The number of allylic oxidation sites excluding steroid dienone is 1. The molecule has 0 atom stereocenters. The Bertz CT molecular complexity index is 832. The first-order valence-electron chi connectivity index (χ1n) is 6.29. The third-order valence-electron chi connectivity index (χ3n) is 2.97. The molecule has 0 fully saturated rings. The largest absolute Gasteiger partial charge is 0.288 e. The molecule has 0 saturated carbocycles. The molecule has 2 rings (SSSR count). The van der Waals surface area contributed by atoms with E-state index in [2.05, 4.69) is 0 Å². The molecule has 2 aromatic rings. The molecule has 0 aliphatic heterocycles. The molecule has 0 N–H and O–H groups in total. The number of hydrogen-bond acceptors (Lipinski definition) is 4. The summed E-state index contributed by atoms with van der Waals surface area (Å²) in [5.74, 6) is -0.610. The summed E-state index contributed by atoms with van der Waals surface area (Å²) >= 11 is 11.9. The van der Waals surface area contributed by atoms with Gasteiger partial charge in [-0.15, -0.1) is 0 Å². The molecule has 5 nitrogen and oxygen atoms in total. The van der Waals surface area contributed by atoms with Gasteiger partial charge in [0.05, 0.1) is 20.5 Å². The first kappa shape index (κ1) is 16.7. The highest BCUT2D eigenvalue weighted by molar-refractivity contribution is 6.41. The van der Waals surface area contributed by atoms with Crippen LogP contribution in [0.1, 0.15) is 15.9 Å². The number of halogens is 2. The molecule has 0 unspecified atom stereocenters. The minimum atomic E-state index is -0.610. The maximum absolute atomic E-state index is 12.4. The number of nitro groups is 1. The van der Waals surface area contributed by atoms with E-state index in [0.717, 1.165) is 0 Å². The Morgan fingerprint density at radius 2 is 1.70 bits per heavy atom. The van der Waals surface area contributed by atoms with Crippen molar-refractivity contribution in [1.29, 1.82) is 5.26 Å². The van der Waals surface area contributed by atoms with Crippen LogP contribution in [-0.2, 0) is 0 Å². The number of benzene rings is 2. The summed E-state index contributed by atoms with van der Waals surface area (Å²) in [4.78, 5) is 22.5. The topological polar surface area (TPSA) is 84.0 Å². The summed E-state index contributed by atoms with van der Waals surface area (Å²) in [6, 6.07) is 11.8. The van der Waals surface area contributed by atoms with Gasteiger partial charge in [-0.3, -0.25) is 14.9 Å². The van der Waals surface area contributed by atoms with Crippen molar-refractivity contribution in [3.05, 3.63) is 79.3 Å². The Kier molecular flexibility index (Phi) is 5.12. The monoisotopic (exact) mass is 346 g/mol. The average Bonchev–Trinajstić information content (AvgIpc) is 2.52. The number of ketones is 1. The minimum Gasteiger partial charge on any atom is -0.288 e. The van der Waals surface area contributed by atoms with Crippen molar-refractivity contribution in [1.82, 2.24) is 0 Å². The van der Waals surface area contributed by atoms with Gasteiger partial charge in [0.15, 0.2) is 0 Å². The van der Waals surface area contributed by atoms with E-state index in [0.29, 0.717) is 5.56 Å². The van der Waals surface area contributed by atoms with Gasteiger partial charge in [0.2, 0.25) is 5.78 Å². The smallest absolute Gasteiger partial charge is 0.269 e. The van der Waals surface area contributed by atoms with Crippen LogP contribution in [0.2, 0.25) is 10.0 Å². The zero-order valence-electron chi connectivity index (χ0n) is 11.5. The Balaban J connectivity index is 2.41. The minimum absolute atomic E-state index is 0.0468. The molecule has 114 valence electrons. The summed E-state index contributed by atoms with van der Waals surface area (Å²) in [7, 11) is 0. The van der Waals surface area contributed by atoms with Gasteiger partial charge in [-0.05, 0) is 35.9 Å². The number of nitrogens with zero attached hydrogens (tertiary/aromatic N) is 2. The predicted octanol–water partition coefficient (Wildman–Crippen LogP) is 4.69. The lowest BCUT2D eigenvalue weighted by molar-refractivity contribution is -0.384. The quantitative estimate of drug-likeness (QED) is 0.264. The normalized spacial score (nSPS) is 10.9. The van der Waals surface area contributed by atoms with Crippen LogP contribution >= 0.6 is 23.2 Å². The third-order valence-corrected chi connectivity index (χ3v) is 3.60. The van der Waals surface area contributed by atoms with Crippen LogP contribution in [0.4, 0.5) is 5.69 Å². The number of hydrogen-bond donors (Lipinski definition) is 0. The fourth-order valence-electron chi connectivity index (χ4n) is 1.86. The molecule has 0 aliphatic rings.